The summed E-state index contributed by atoms with van der Waals surface area (Å²) in [7, 11) is 0. The Morgan fingerprint density at radius 1 is 1.40 bits per heavy atom. The molecule has 86 valence electrons. The van der Waals surface area contributed by atoms with E-state index in [0.29, 0.717) is 6.54 Å². The fourth-order valence-electron chi connectivity index (χ4n) is 1.87. The Labute approximate surface area is 89.7 Å². The van der Waals surface area contributed by atoms with Gasteiger partial charge < -0.3 is 14.8 Å². The van der Waals surface area contributed by atoms with E-state index in [4.69, 9.17) is 9.47 Å². The third-order valence-corrected chi connectivity index (χ3v) is 2.69. The maximum atomic E-state index is 11.1. The molecule has 2 saturated heterocycles. The highest BCUT2D eigenvalue weighted by atomic mass is 16.7. The van der Waals surface area contributed by atoms with Gasteiger partial charge in [-0.1, -0.05) is 0 Å². The lowest BCUT2D eigenvalue weighted by Gasteiger charge is -2.29. The number of ether oxygens (including phenoxy) is 2. The molecule has 0 aromatic heterocycles. The van der Waals surface area contributed by atoms with Crippen molar-refractivity contribution >= 4 is 5.91 Å². The monoisotopic (exact) mass is 214 g/mol. The van der Waals surface area contributed by atoms with Crippen molar-refractivity contribution in [3.05, 3.63) is 0 Å². The molecule has 2 aliphatic rings. The number of amides is 1. The molecule has 2 rings (SSSR count). The molecule has 0 aliphatic carbocycles. The van der Waals surface area contributed by atoms with E-state index in [1.807, 2.05) is 0 Å². The first kappa shape index (κ1) is 10.9. The second-order valence-corrected chi connectivity index (χ2v) is 3.94. The first-order valence-electron chi connectivity index (χ1n) is 5.57. The van der Waals surface area contributed by atoms with Crippen LogP contribution in [0.4, 0.5) is 0 Å². The lowest BCUT2D eigenvalue weighted by Crippen LogP contribution is -2.48. The normalized spacial score (nSPS) is 25.2. The first-order valence-corrected chi connectivity index (χ1v) is 5.57. The lowest BCUT2D eigenvalue weighted by atomic mass is 10.3. The van der Waals surface area contributed by atoms with Crippen molar-refractivity contribution in [2.45, 2.75) is 19.1 Å². The third-order valence-electron chi connectivity index (χ3n) is 2.69. The van der Waals surface area contributed by atoms with Gasteiger partial charge in [-0.2, -0.15) is 0 Å². The highest BCUT2D eigenvalue weighted by Crippen LogP contribution is 2.09. The maximum Gasteiger partial charge on any atom is 0.234 e. The molecule has 5 nitrogen and oxygen atoms in total. The van der Waals surface area contributed by atoms with Crippen molar-refractivity contribution in [3.63, 3.8) is 0 Å². The van der Waals surface area contributed by atoms with E-state index in [-0.39, 0.29) is 12.2 Å². The van der Waals surface area contributed by atoms with Gasteiger partial charge in [0.2, 0.25) is 5.91 Å². The molecular formula is C10H18N2O3. The highest BCUT2D eigenvalue weighted by Gasteiger charge is 2.19. The summed E-state index contributed by atoms with van der Waals surface area (Å²) in [6.45, 7) is 4.66. The zero-order chi connectivity index (χ0) is 10.5. The van der Waals surface area contributed by atoms with Crippen molar-refractivity contribution in [1.82, 2.24) is 10.2 Å². The van der Waals surface area contributed by atoms with Crippen LogP contribution < -0.4 is 5.32 Å². The standard InChI is InChI=1S/C10H18N2O3/c13-9-8-12(5-3-11-9)4-2-10-14-6-1-7-15-10/h10H,1-8H2,(H,11,13). The fourth-order valence-corrected chi connectivity index (χ4v) is 1.87. The molecular weight excluding hydrogens is 196 g/mol. The van der Waals surface area contributed by atoms with Crippen LogP contribution >= 0.6 is 0 Å². The average Bonchev–Trinajstić information content (AvgIpc) is 2.28. The minimum Gasteiger partial charge on any atom is -0.354 e. The number of nitrogens with zero attached hydrogens (tertiary/aromatic N) is 1. The van der Waals surface area contributed by atoms with E-state index in [9.17, 15) is 4.79 Å². The number of piperazine rings is 1. The molecule has 2 aliphatic heterocycles. The number of hydrogen-bond donors (Lipinski definition) is 1. The molecule has 0 bridgehead atoms. The minimum absolute atomic E-state index is 0.0660. The molecule has 0 aromatic rings. The van der Waals surface area contributed by atoms with E-state index in [0.717, 1.165) is 45.7 Å². The summed E-state index contributed by atoms with van der Waals surface area (Å²) in [6.07, 6.45) is 1.78. The Morgan fingerprint density at radius 2 is 2.20 bits per heavy atom. The van der Waals surface area contributed by atoms with Gasteiger partial charge in [0.25, 0.3) is 0 Å². The second-order valence-electron chi connectivity index (χ2n) is 3.94. The van der Waals surface area contributed by atoms with Crippen LogP contribution in [0.2, 0.25) is 0 Å². The van der Waals surface area contributed by atoms with Gasteiger partial charge in [-0.25, -0.2) is 0 Å². The van der Waals surface area contributed by atoms with Crippen molar-refractivity contribution in [3.8, 4) is 0 Å². The second kappa shape index (κ2) is 5.44. The predicted octanol–water partition coefficient (Wildman–Crippen LogP) is -0.429. The summed E-state index contributed by atoms with van der Waals surface area (Å²) >= 11 is 0. The number of carbonyl (C=O) groups excluding carboxylic acids is 1. The summed E-state index contributed by atoms with van der Waals surface area (Å²) in [5.41, 5.74) is 0. The van der Waals surface area contributed by atoms with Crippen LogP contribution in [0.1, 0.15) is 12.8 Å². The van der Waals surface area contributed by atoms with E-state index in [1.165, 1.54) is 0 Å². The zero-order valence-corrected chi connectivity index (χ0v) is 8.91. The van der Waals surface area contributed by atoms with Crippen LogP contribution in [0.3, 0.4) is 0 Å². The van der Waals surface area contributed by atoms with Gasteiger partial charge in [0, 0.05) is 26.1 Å². The van der Waals surface area contributed by atoms with Gasteiger partial charge in [-0.3, -0.25) is 9.69 Å². The van der Waals surface area contributed by atoms with Gasteiger partial charge >= 0.3 is 0 Å². The summed E-state index contributed by atoms with van der Waals surface area (Å²) < 4.78 is 10.9. The molecule has 0 aromatic carbocycles. The highest BCUT2D eigenvalue weighted by molar-refractivity contribution is 5.78. The molecule has 0 unspecified atom stereocenters. The number of hydrogen-bond acceptors (Lipinski definition) is 4. The molecule has 1 N–H and O–H groups in total. The predicted molar refractivity (Wildman–Crippen MR) is 54.4 cm³/mol. The zero-order valence-electron chi connectivity index (χ0n) is 8.91. The van der Waals surface area contributed by atoms with Crippen molar-refractivity contribution in [2.75, 3.05) is 39.4 Å². The number of nitrogens with one attached hydrogen (secondary N) is 1. The largest absolute Gasteiger partial charge is 0.354 e. The smallest absolute Gasteiger partial charge is 0.234 e. The van der Waals surface area contributed by atoms with E-state index >= 15 is 0 Å². The Morgan fingerprint density at radius 3 is 2.93 bits per heavy atom. The minimum atomic E-state index is -0.0660. The topological polar surface area (TPSA) is 50.8 Å². The van der Waals surface area contributed by atoms with E-state index < -0.39 is 0 Å². The first-order chi connectivity index (χ1) is 7.34. The molecule has 2 heterocycles. The Bertz CT molecular complexity index is 217. The van der Waals surface area contributed by atoms with E-state index in [1.54, 1.807) is 0 Å². The summed E-state index contributed by atoms with van der Waals surface area (Å²) in [4.78, 5) is 13.2. The maximum absolute atomic E-state index is 11.1. The van der Waals surface area contributed by atoms with Crippen LogP contribution in [-0.4, -0.2) is 56.5 Å². The van der Waals surface area contributed by atoms with Gasteiger partial charge in [0.15, 0.2) is 6.29 Å². The lowest BCUT2D eigenvalue weighted by molar-refractivity contribution is -0.183. The van der Waals surface area contributed by atoms with Gasteiger partial charge in [-0.05, 0) is 6.42 Å². The van der Waals surface area contributed by atoms with Gasteiger partial charge in [0.1, 0.15) is 0 Å². The number of rotatable bonds is 3. The van der Waals surface area contributed by atoms with Crippen molar-refractivity contribution in [2.24, 2.45) is 0 Å². The third kappa shape index (κ3) is 3.44. The van der Waals surface area contributed by atoms with Crippen LogP contribution in [-0.2, 0) is 14.3 Å². The summed E-state index contributed by atoms with van der Waals surface area (Å²) in [5, 5.41) is 2.81. The molecule has 5 heteroatoms. The number of carbonyl (C=O) groups is 1. The van der Waals surface area contributed by atoms with Crippen LogP contribution in [0.25, 0.3) is 0 Å². The van der Waals surface area contributed by atoms with Crippen molar-refractivity contribution in [1.29, 1.82) is 0 Å². The quantitative estimate of drug-likeness (QED) is 0.692. The van der Waals surface area contributed by atoms with Crippen LogP contribution in [0.5, 0.6) is 0 Å². The molecule has 0 spiro atoms. The van der Waals surface area contributed by atoms with Gasteiger partial charge in [0.05, 0.1) is 19.8 Å². The molecule has 0 saturated carbocycles. The van der Waals surface area contributed by atoms with Gasteiger partial charge in [-0.15, -0.1) is 0 Å². The van der Waals surface area contributed by atoms with E-state index in [2.05, 4.69) is 10.2 Å². The summed E-state index contributed by atoms with van der Waals surface area (Å²) in [5.74, 6) is 0.117. The molecule has 0 radical (unpaired) electrons. The Balaban J connectivity index is 1.65. The Kier molecular flexibility index (Phi) is 3.94. The molecule has 15 heavy (non-hydrogen) atoms. The molecule has 1 amide bonds. The summed E-state index contributed by atoms with van der Waals surface area (Å²) in [6, 6.07) is 0. The van der Waals surface area contributed by atoms with Crippen LogP contribution in [0, 0.1) is 0 Å². The molecule has 0 atom stereocenters. The molecule has 2 fully saturated rings. The SMILES string of the molecule is O=C1CN(CCC2OCCCO2)CCN1. The average molecular weight is 214 g/mol. The Hall–Kier alpha value is -0.650. The van der Waals surface area contributed by atoms with Crippen molar-refractivity contribution < 1.29 is 14.3 Å². The fraction of sp³-hybridized carbons (Fsp3) is 0.900. The van der Waals surface area contributed by atoms with Crippen LogP contribution in [0.15, 0.2) is 0 Å².